The van der Waals surface area contributed by atoms with E-state index in [4.69, 9.17) is 0 Å². The second-order valence-electron chi connectivity index (χ2n) is 6.40. The third-order valence-corrected chi connectivity index (χ3v) is 6.54. The molecule has 26 heavy (non-hydrogen) atoms. The molecule has 1 aromatic carbocycles. The topological polar surface area (TPSA) is 64.0 Å². The average Bonchev–Trinajstić information content (AvgIpc) is 3.12. The first-order valence-corrected chi connectivity index (χ1v) is 10.4. The Bertz CT molecular complexity index is 1030. The minimum atomic E-state index is -0.0691. The first kappa shape index (κ1) is 17.3. The zero-order valence-electron chi connectivity index (χ0n) is 14.4. The van der Waals surface area contributed by atoms with Crippen LogP contribution < -0.4 is 10.9 Å². The number of fused-ring (bicyclic) bond motifs is 2. The maximum Gasteiger partial charge on any atom is 0.262 e. The summed E-state index contributed by atoms with van der Waals surface area (Å²) < 4.78 is 1.52. The number of hydrogen-bond acceptors (Lipinski definition) is 5. The van der Waals surface area contributed by atoms with E-state index in [1.807, 2.05) is 17.5 Å². The van der Waals surface area contributed by atoms with Gasteiger partial charge in [-0.15, -0.1) is 11.3 Å². The molecule has 2 aromatic heterocycles. The van der Waals surface area contributed by atoms with Crippen LogP contribution in [0, 0.1) is 0 Å². The van der Waals surface area contributed by atoms with E-state index in [1.54, 1.807) is 13.1 Å². The highest BCUT2D eigenvalue weighted by Crippen LogP contribution is 2.29. The third-order valence-electron chi connectivity index (χ3n) is 4.70. The molecule has 3 aromatic rings. The Balaban J connectivity index is 1.45. The minimum Gasteiger partial charge on any atom is -0.349 e. The van der Waals surface area contributed by atoms with Crippen molar-refractivity contribution < 1.29 is 4.79 Å². The fourth-order valence-corrected chi connectivity index (χ4v) is 4.97. The van der Waals surface area contributed by atoms with Crippen LogP contribution in [0.2, 0.25) is 0 Å². The van der Waals surface area contributed by atoms with Gasteiger partial charge in [-0.25, -0.2) is 4.98 Å². The highest BCUT2D eigenvalue weighted by atomic mass is 32.2. The third kappa shape index (κ3) is 3.29. The molecular weight excluding hydrogens is 366 g/mol. The quantitative estimate of drug-likeness (QED) is 0.553. The predicted octanol–water partition coefficient (Wildman–Crippen LogP) is 3.28. The molecule has 4 rings (SSSR count). The first-order chi connectivity index (χ1) is 12.6. The number of benzene rings is 1. The van der Waals surface area contributed by atoms with Gasteiger partial charge in [0.05, 0.1) is 17.2 Å². The largest absolute Gasteiger partial charge is 0.349 e. The molecule has 2 heterocycles. The smallest absolute Gasteiger partial charge is 0.262 e. The molecule has 0 fully saturated rings. The summed E-state index contributed by atoms with van der Waals surface area (Å²) in [5.74, 6) is 0.216. The van der Waals surface area contributed by atoms with Gasteiger partial charge in [-0.05, 0) is 41.8 Å². The van der Waals surface area contributed by atoms with Crippen LogP contribution in [0.5, 0.6) is 0 Å². The molecule has 1 unspecified atom stereocenters. The number of rotatable bonds is 4. The molecule has 7 heteroatoms. The van der Waals surface area contributed by atoms with Gasteiger partial charge < -0.3 is 5.32 Å². The highest BCUT2D eigenvalue weighted by molar-refractivity contribution is 7.99. The molecule has 1 N–H and O–H groups in total. The lowest BCUT2D eigenvalue weighted by Crippen LogP contribution is -2.32. The van der Waals surface area contributed by atoms with Crippen molar-refractivity contribution in [2.24, 2.45) is 7.05 Å². The van der Waals surface area contributed by atoms with Crippen molar-refractivity contribution in [1.29, 1.82) is 0 Å². The maximum absolute atomic E-state index is 12.5. The number of aryl methyl sites for hydroxylation is 1. The van der Waals surface area contributed by atoms with Crippen molar-refractivity contribution in [1.82, 2.24) is 14.9 Å². The Morgan fingerprint density at radius 1 is 1.38 bits per heavy atom. The Hall–Kier alpha value is -2.12. The molecule has 1 aliphatic carbocycles. The summed E-state index contributed by atoms with van der Waals surface area (Å²) in [6.45, 7) is 0. The van der Waals surface area contributed by atoms with Gasteiger partial charge in [-0.3, -0.25) is 14.2 Å². The fraction of sp³-hybridized carbons (Fsp3) is 0.316. The van der Waals surface area contributed by atoms with E-state index in [1.165, 1.54) is 38.8 Å². The van der Waals surface area contributed by atoms with Crippen molar-refractivity contribution in [2.75, 3.05) is 5.75 Å². The fourth-order valence-electron chi connectivity index (χ4n) is 3.38. The van der Waals surface area contributed by atoms with Gasteiger partial charge in [0, 0.05) is 7.05 Å². The van der Waals surface area contributed by atoms with Crippen molar-refractivity contribution >= 4 is 39.2 Å². The summed E-state index contributed by atoms with van der Waals surface area (Å²) in [6.07, 6.45) is 3.12. The number of nitrogens with zero attached hydrogens (tertiary/aromatic N) is 2. The Morgan fingerprint density at radius 3 is 3.12 bits per heavy atom. The number of nitrogens with one attached hydrogen (secondary N) is 1. The number of amides is 1. The van der Waals surface area contributed by atoms with Crippen LogP contribution in [0.3, 0.4) is 0 Å². The molecule has 0 radical (unpaired) electrons. The number of aromatic nitrogens is 2. The van der Waals surface area contributed by atoms with Crippen molar-refractivity contribution in [3.63, 3.8) is 0 Å². The number of hydrogen-bond donors (Lipinski definition) is 1. The van der Waals surface area contributed by atoms with Crippen LogP contribution in [-0.2, 0) is 18.3 Å². The molecule has 0 saturated heterocycles. The molecule has 1 aliphatic rings. The summed E-state index contributed by atoms with van der Waals surface area (Å²) in [4.78, 5) is 30.0. The van der Waals surface area contributed by atoms with Crippen molar-refractivity contribution in [3.05, 3.63) is 57.2 Å². The average molecular weight is 386 g/mol. The number of carbonyl (C=O) groups excluding carboxylic acids is 1. The molecule has 0 saturated carbocycles. The summed E-state index contributed by atoms with van der Waals surface area (Å²) in [5.41, 5.74) is 2.48. The molecule has 0 bridgehead atoms. The van der Waals surface area contributed by atoms with Gasteiger partial charge in [-0.1, -0.05) is 36.0 Å². The monoisotopic (exact) mass is 385 g/mol. The molecule has 1 amide bonds. The van der Waals surface area contributed by atoms with Crippen LogP contribution in [-0.4, -0.2) is 21.2 Å². The van der Waals surface area contributed by atoms with E-state index in [9.17, 15) is 9.59 Å². The van der Waals surface area contributed by atoms with E-state index in [0.717, 1.165) is 24.1 Å². The lowest BCUT2D eigenvalue weighted by molar-refractivity contribution is -0.119. The summed E-state index contributed by atoms with van der Waals surface area (Å²) in [6, 6.07) is 10.2. The number of thioether (sulfide) groups is 1. The Labute approximate surface area is 159 Å². The normalized spacial score (nSPS) is 16.4. The standard InChI is InChI=1S/C19H19N3O2S2/c1-22-18(24)14-9-10-25-17(14)21-19(22)26-11-16(23)20-15-8-4-6-12-5-2-3-7-13(12)15/h2-3,5,7,9-10,15H,4,6,8,11H2,1H3,(H,20,23). The van der Waals surface area contributed by atoms with E-state index in [0.29, 0.717) is 10.5 Å². The van der Waals surface area contributed by atoms with Crippen molar-refractivity contribution in [3.8, 4) is 0 Å². The van der Waals surface area contributed by atoms with Crippen molar-refractivity contribution in [2.45, 2.75) is 30.5 Å². The van der Waals surface area contributed by atoms with Crippen LogP contribution in [0.1, 0.15) is 30.0 Å². The predicted molar refractivity (Wildman–Crippen MR) is 106 cm³/mol. The van der Waals surface area contributed by atoms with Gasteiger partial charge in [-0.2, -0.15) is 0 Å². The minimum absolute atomic E-state index is 0.0303. The molecule has 5 nitrogen and oxygen atoms in total. The van der Waals surface area contributed by atoms with E-state index in [-0.39, 0.29) is 23.3 Å². The summed E-state index contributed by atoms with van der Waals surface area (Å²) >= 11 is 2.74. The van der Waals surface area contributed by atoms with E-state index < -0.39 is 0 Å². The van der Waals surface area contributed by atoms with Gasteiger partial charge in [0.25, 0.3) is 5.56 Å². The lowest BCUT2D eigenvalue weighted by atomic mass is 9.88. The number of carbonyl (C=O) groups is 1. The maximum atomic E-state index is 12.5. The van der Waals surface area contributed by atoms with Crippen LogP contribution in [0.4, 0.5) is 0 Å². The summed E-state index contributed by atoms with van der Waals surface area (Å²) in [7, 11) is 1.70. The summed E-state index contributed by atoms with van der Waals surface area (Å²) in [5, 5.41) is 6.20. The highest BCUT2D eigenvalue weighted by Gasteiger charge is 2.21. The van der Waals surface area contributed by atoms with Crippen LogP contribution in [0.15, 0.2) is 45.7 Å². The molecule has 0 aliphatic heterocycles. The van der Waals surface area contributed by atoms with Gasteiger partial charge in [0.2, 0.25) is 5.91 Å². The second kappa shape index (κ2) is 7.25. The first-order valence-electron chi connectivity index (χ1n) is 8.57. The Kier molecular flexibility index (Phi) is 4.82. The van der Waals surface area contributed by atoms with Crippen LogP contribution in [0.25, 0.3) is 10.2 Å². The number of thiophene rings is 1. The Morgan fingerprint density at radius 2 is 2.23 bits per heavy atom. The zero-order valence-corrected chi connectivity index (χ0v) is 16.0. The van der Waals surface area contributed by atoms with E-state index >= 15 is 0 Å². The SMILES string of the molecule is Cn1c(SCC(=O)NC2CCCc3ccccc32)nc2sccc2c1=O. The van der Waals surface area contributed by atoms with E-state index in [2.05, 4.69) is 22.4 Å². The molecule has 0 spiro atoms. The zero-order chi connectivity index (χ0) is 18.1. The molecular formula is C19H19N3O2S2. The van der Waals surface area contributed by atoms with Gasteiger partial charge in [0.15, 0.2) is 5.16 Å². The second-order valence-corrected chi connectivity index (χ2v) is 8.23. The molecule has 134 valence electrons. The van der Waals surface area contributed by atoms with Crippen LogP contribution >= 0.6 is 23.1 Å². The lowest BCUT2D eigenvalue weighted by Gasteiger charge is -2.26. The van der Waals surface area contributed by atoms with Gasteiger partial charge in [0.1, 0.15) is 4.83 Å². The molecule has 1 atom stereocenters. The van der Waals surface area contributed by atoms with Gasteiger partial charge >= 0.3 is 0 Å².